The Morgan fingerprint density at radius 1 is 1.33 bits per heavy atom. The highest BCUT2D eigenvalue weighted by molar-refractivity contribution is 7.07. The molecule has 18 heavy (non-hydrogen) atoms. The van der Waals surface area contributed by atoms with Crippen molar-refractivity contribution in [2.45, 2.75) is 13.1 Å². The number of nitro groups is 1. The summed E-state index contributed by atoms with van der Waals surface area (Å²) in [5.41, 5.74) is 2.09. The average molecular weight is 283 g/mol. The van der Waals surface area contributed by atoms with E-state index in [-0.39, 0.29) is 5.69 Å². The number of nitrogens with zero attached hydrogens (tertiary/aromatic N) is 1. The van der Waals surface area contributed by atoms with Crippen molar-refractivity contribution in [1.29, 1.82) is 0 Å². The normalized spacial score (nSPS) is 10.5. The van der Waals surface area contributed by atoms with E-state index in [1.807, 2.05) is 5.38 Å². The zero-order valence-electron chi connectivity index (χ0n) is 9.43. The minimum Gasteiger partial charge on any atom is -0.309 e. The van der Waals surface area contributed by atoms with Crippen LogP contribution in [0.15, 0.2) is 35.0 Å². The van der Waals surface area contributed by atoms with Gasteiger partial charge in [-0.1, -0.05) is 11.6 Å². The quantitative estimate of drug-likeness (QED) is 0.673. The molecular formula is C12H11ClN2O2S. The Morgan fingerprint density at radius 3 is 2.78 bits per heavy atom. The molecule has 0 aliphatic rings. The van der Waals surface area contributed by atoms with Crippen molar-refractivity contribution in [1.82, 2.24) is 5.32 Å². The van der Waals surface area contributed by atoms with Gasteiger partial charge in [-0.3, -0.25) is 10.1 Å². The molecule has 0 radical (unpaired) electrons. The van der Waals surface area contributed by atoms with Gasteiger partial charge in [0.2, 0.25) is 0 Å². The molecule has 6 heteroatoms. The van der Waals surface area contributed by atoms with E-state index in [0.29, 0.717) is 11.6 Å². The van der Waals surface area contributed by atoms with Gasteiger partial charge in [-0.15, -0.1) is 0 Å². The average Bonchev–Trinajstić information content (AvgIpc) is 2.84. The number of thiophene rings is 1. The molecule has 1 N–H and O–H groups in total. The second-order valence-electron chi connectivity index (χ2n) is 3.77. The maximum absolute atomic E-state index is 10.6. The van der Waals surface area contributed by atoms with Crippen LogP contribution in [0.4, 0.5) is 5.69 Å². The predicted molar refractivity (Wildman–Crippen MR) is 73.0 cm³/mol. The maximum atomic E-state index is 10.6. The summed E-state index contributed by atoms with van der Waals surface area (Å²) in [6.45, 7) is 1.35. The summed E-state index contributed by atoms with van der Waals surface area (Å²) in [6, 6.07) is 6.58. The Hall–Kier alpha value is -1.43. The molecular weight excluding hydrogens is 272 g/mol. The first kappa shape index (κ1) is 13.0. The first-order chi connectivity index (χ1) is 8.66. The zero-order chi connectivity index (χ0) is 13.0. The van der Waals surface area contributed by atoms with Crippen LogP contribution in [0.3, 0.4) is 0 Å². The molecule has 2 aromatic rings. The van der Waals surface area contributed by atoms with E-state index in [9.17, 15) is 10.1 Å². The smallest absolute Gasteiger partial charge is 0.270 e. The van der Waals surface area contributed by atoms with Gasteiger partial charge in [0, 0.05) is 25.2 Å². The first-order valence-electron chi connectivity index (χ1n) is 5.31. The van der Waals surface area contributed by atoms with Crippen LogP contribution in [0.2, 0.25) is 5.02 Å². The molecule has 1 aromatic carbocycles. The summed E-state index contributed by atoms with van der Waals surface area (Å²) < 4.78 is 0. The third-order valence-corrected chi connectivity index (χ3v) is 3.56. The molecule has 0 fully saturated rings. The van der Waals surface area contributed by atoms with Crippen LogP contribution < -0.4 is 5.32 Å². The van der Waals surface area contributed by atoms with Crippen molar-refractivity contribution in [3.05, 3.63) is 61.3 Å². The lowest BCUT2D eigenvalue weighted by Crippen LogP contribution is -2.12. The number of hydrogen-bond donors (Lipinski definition) is 1. The second kappa shape index (κ2) is 5.95. The van der Waals surface area contributed by atoms with Crippen molar-refractivity contribution < 1.29 is 4.92 Å². The lowest BCUT2D eigenvalue weighted by atomic mass is 10.2. The highest BCUT2D eigenvalue weighted by Gasteiger charge is 2.08. The maximum Gasteiger partial charge on any atom is 0.270 e. The molecule has 0 spiro atoms. The van der Waals surface area contributed by atoms with Gasteiger partial charge in [0.15, 0.2) is 0 Å². The number of rotatable bonds is 5. The summed E-state index contributed by atoms with van der Waals surface area (Å²) in [7, 11) is 0. The predicted octanol–water partition coefficient (Wildman–Crippen LogP) is 3.60. The van der Waals surface area contributed by atoms with Crippen molar-refractivity contribution in [3.63, 3.8) is 0 Å². The van der Waals surface area contributed by atoms with Gasteiger partial charge in [-0.2, -0.15) is 11.3 Å². The van der Waals surface area contributed by atoms with Crippen LogP contribution in [-0.4, -0.2) is 4.92 Å². The molecule has 1 heterocycles. The van der Waals surface area contributed by atoms with E-state index in [4.69, 9.17) is 11.6 Å². The molecule has 0 aliphatic carbocycles. The zero-order valence-corrected chi connectivity index (χ0v) is 11.0. The topological polar surface area (TPSA) is 55.2 Å². The Bertz CT molecular complexity index is 543. The lowest BCUT2D eigenvalue weighted by molar-refractivity contribution is -0.384. The summed E-state index contributed by atoms with van der Waals surface area (Å²) in [5.74, 6) is 0. The van der Waals surface area contributed by atoms with Gasteiger partial charge < -0.3 is 5.32 Å². The van der Waals surface area contributed by atoms with Crippen LogP contribution in [0, 0.1) is 10.1 Å². The van der Waals surface area contributed by atoms with E-state index in [0.717, 1.165) is 12.1 Å². The summed E-state index contributed by atoms with van der Waals surface area (Å²) >= 11 is 7.64. The van der Waals surface area contributed by atoms with Crippen LogP contribution in [0.1, 0.15) is 11.1 Å². The molecule has 4 nitrogen and oxygen atoms in total. The van der Waals surface area contributed by atoms with Gasteiger partial charge in [0.25, 0.3) is 5.69 Å². The molecule has 1 aromatic heterocycles. The second-order valence-corrected chi connectivity index (χ2v) is 4.96. The number of hydrogen-bond acceptors (Lipinski definition) is 4. The van der Waals surface area contributed by atoms with Crippen molar-refractivity contribution >= 4 is 28.6 Å². The largest absolute Gasteiger partial charge is 0.309 e. The highest BCUT2D eigenvalue weighted by atomic mass is 35.5. The van der Waals surface area contributed by atoms with Gasteiger partial charge in [-0.25, -0.2) is 0 Å². The summed E-state index contributed by atoms with van der Waals surface area (Å²) in [6.07, 6.45) is 0. The number of nitro benzene ring substituents is 1. The Balaban J connectivity index is 1.95. The molecule has 0 saturated heterocycles. The van der Waals surface area contributed by atoms with Crippen LogP contribution in [0.5, 0.6) is 0 Å². The van der Waals surface area contributed by atoms with E-state index in [1.54, 1.807) is 17.4 Å². The van der Waals surface area contributed by atoms with Crippen molar-refractivity contribution in [3.8, 4) is 0 Å². The number of non-ortho nitro benzene ring substituents is 1. The van der Waals surface area contributed by atoms with Gasteiger partial charge >= 0.3 is 0 Å². The Labute approximate surface area is 113 Å². The lowest BCUT2D eigenvalue weighted by Gasteiger charge is -2.05. The minimum atomic E-state index is -0.450. The standard InChI is InChI=1S/C12H11ClN2O2S/c13-12-5-11(15(16)17)2-1-10(12)7-14-6-9-3-4-18-8-9/h1-5,8,14H,6-7H2. The first-order valence-corrected chi connectivity index (χ1v) is 6.63. The Morgan fingerprint density at radius 2 is 2.17 bits per heavy atom. The van der Waals surface area contributed by atoms with E-state index in [1.165, 1.54) is 17.7 Å². The van der Waals surface area contributed by atoms with Crippen LogP contribution >= 0.6 is 22.9 Å². The van der Waals surface area contributed by atoms with Gasteiger partial charge in [0.1, 0.15) is 0 Å². The number of halogens is 1. The van der Waals surface area contributed by atoms with E-state index < -0.39 is 4.92 Å². The number of benzene rings is 1. The van der Waals surface area contributed by atoms with Crippen molar-refractivity contribution in [2.75, 3.05) is 0 Å². The van der Waals surface area contributed by atoms with Gasteiger partial charge in [0.05, 0.1) is 9.95 Å². The van der Waals surface area contributed by atoms with Crippen LogP contribution in [0.25, 0.3) is 0 Å². The third kappa shape index (κ3) is 3.29. The van der Waals surface area contributed by atoms with Crippen molar-refractivity contribution in [2.24, 2.45) is 0 Å². The molecule has 0 aliphatic heterocycles. The Kier molecular flexibility index (Phi) is 4.30. The number of nitrogens with one attached hydrogen (secondary N) is 1. The fourth-order valence-electron chi connectivity index (χ4n) is 1.53. The van der Waals surface area contributed by atoms with Crippen LogP contribution in [-0.2, 0) is 13.1 Å². The molecule has 0 saturated carbocycles. The molecule has 0 bridgehead atoms. The highest BCUT2D eigenvalue weighted by Crippen LogP contribution is 2.22. The summed E-state index contributed by atoms with van der Waals surface area (Å²) in [4.78, 5) is 10.1. The molecule has 2 rings (SSSR count). The molecule has 0 unspecified atom stereocenters. The SMILES string of the molecule is O=[N+]([O-])c1ccc(CNCc2ccsc2)c(Cl)c1. The van der Waals surface area contributed by atoms with E-state index in [2.05, 4.69) is 16.8 Å². The fourth-order valence-corrected chi connectivity index (χ4v) is 2.44. The molecule has 0 atom stereocenters. The molecule has 0 amide bonds. The molecule has 94 valence electrons. The fraction of sp³-hybridized carbons (Fsp3) is 0.167. The third-order valence-electron chi connectivity index (χ3n) is 2.47. The minimum absolute atomic E-state index is 0.0154. The monoisotopic (exact) mass is 282 g/mol. The van der Waals surface area contributed by atoms with E-state index >= 15 is 0 Å². The van der Waals surface area contributed by atoms with Gasteiger partial charge in [-0.05, 0) is 34.0 Å². The summed E-state index contributed by atoms with van der Waals surface area (Å²) in [5, 5.41) is 18.3.